The third kappa shape index (κ3) is 4.81. The van der Waals surface area contributed by atoms with Crippen LogP contribution in [0.1, 0.15) is 22.7 Å². The van der Waals surface area contributed by atoms with Gasteiger partial charge in [-0.2, -0.15) is 0 Å². The average Bonchev–Trinajstić information content (AvgIpc) is 3.25. The summed E-state index contributed by atoms with van der Waals surface area (Å²) >= 11 is 0. The molecule has 1 fully saturated rings. The van der Waals surface area contributed by atoms with Crippen LogP contribution in [0.3, 0.4) is 0 Å². The number of morpholine rings is 1. The van der Waals surface area contributed by atoms with E-state index < -0.39 is 11.8 Å². The topological polar surface area (TPSA) is 89.1 Å². The largest absolute Gasteiger partial charge is 0.454 e. The van der Waals surface area contributed by atoms with Crippen LogP contribution < -0.4 is 20.1 Å². The van der Waals surface area contributed by atoms with Crippen molar-refractivity contribution in [3.05, 3.63) is 53.1 Å². The highest BCUT2D eigenvalue weighted by molar-refractivity contribution is 6.39. The summed E-state index contributed by atoms with van der Waals surface area (Å²) < 4.78 is 16.4. The second-order valence-corrected chi connectivity index (χ2v) is 7.71. The summed E-state index contributed by atoms with van der Waals surface area (Å²) in [6.45, 7) is 7.02. The molecular formula is C23H27N3O5. The number of hydrogen-bond acceptors (Lipinski definition) is 6. The fraction of sp³-hybridized carbons (Fsp3) is 0.391. The molecule has 1 unspecified atom stereocenters. The Kier molecular flexibility index (Phi) is 6.39. The Balaban J connectivity index is 1.45. The number of rotatable bonds is 5. The van der Waals surface area contributed by atoms with Crippen LogP contribution in [0.2, 0.25) is 0 Å². The predicted molar refractivity (Wildman–Crippen MR) is 115 cm³/mol. The molecule has 0 aliphatic carbocycles. The van der Waals surface area contributed by atoms with Crippen LogP contribution in [0.25, 0.3) is 0 Å². The highest BCUT2D eigenvalue weighted by atomic mass is 16.7. The summed E-state index contributed by atoms with van der Waals surface area (Å²) in [4.78, 5) is 27.3. The summed E-state index contributed by atoms with van der Waals surface area (Å²) in [7, 11) is 0. The van der Waals surface area contributed by atoms with Gasteiger partial charge in [-0.3, -0.25) is 14.5 Å². The second kappa shape index (κ2) is 9.36. The van der Waals surface area contributed by atoms with Crippen LogP contribution in [-0.2, 0) is 14.3 Å². The molecule has 1 atom stereocenters. The lowest BCUT2D eigenvalue weighted by Gasteiger charge is -2.35. The zero-order valence-corrected chi connectivity index (χ0v) is 17.8. The third-order valence-corrected chi connectivity index (χ3v) is 5.65. The van der Waals surface area contributed by atoms with Gasteiger partial charge in [0.2, 0.25) is 6.79 Å². The lowest BCUT2D eigenvalue weighted by molar-refractivity contribution is -0.136. The van der Waals surface area contributed by atoms with Crippen LogP contribution in [0.5, 0.6) is 11.5 Å². The third-order valence-electron chi connectivity index (χ3n) is 5.65. The number of hydrogen-bond donors (Lipinski definition) is 2. The summed E-state index contributed by atoms with van der Waals surface area (Å²) in [5.74, 6) is 0.0572. The zero-order chi connectivity index (χ0) is 21.8. The number of benzene rings is 2. The Labute approximate surface area is 181 Å². The van der Waals surface area contributed by atoms with Gasteiger partial charge in [0.15, 0.2) is 11.5 Å². The molecule has 0 spiro atoms. The Morgan fingerprint density at radius 3 is 2.45 bits per heavy atom. The second-order valence-electron chi connectivity index (χ2n) is 7.71. The summed E-state index contributed by atoms with van der Waals surface area (Å²) in [5, 5.41) is 5.53. The van der Waals surface area contributed by atoms with Crippen molar-refractivity contribution in [2.45, 2.75) is 19.9 Å². The van der Waals surface area contributed by atoms with E-state index in [1.165, 1.54) is 0 Å². The minimum Gasteiger partial charge on any atom is -0.454 e. The molecule has 2 heterocycles. The van der Waals surface area contributed by atoms with Crippen LogP contribution in [0.4, 0.5) is 5.69 Å². The van der Waals surface area contributed by atoms with Crippen LogP contribution >= 0.6 is 0 Å². The molecule has 31 heavy (non-hydrogen) atoms. The molecule has 164 valence electrons. The van der Waals surface area contributed by atoms with Crippen LogP contribution in [0.15, 0.2) is 36.4 Å². The maximum absolute atomic E-state index is 12.6. The number of ether oxygens (including phenoxy) is 3. The van der Waals surface area contributed by atoms with Gasteiger partial charge in [-0.1, -0.05) is 24.3 Å². The molecule has 0 aromatic heterocycles. The van der Waals surface area contributed by atoms with Gasteiger partial charge in [-0.25, -0.2) is 0 Å². The Bertz CT molecular complexity index is 951. The molecule has 2 aliphatic rings. The van der Waals surface area contributed by atoms with Gasteiger partial charge >= 0.3 is 11.8 Å². The van der Waals surface area contributed by atoms with Crippen LogP contribution in [0, 0.1) is 13.8 Å². The van der Waals surface area contributed by atoms with Crippen molar-refractivity contribution in [2.75, 3.05) is 45.0 Å². The van der Waals surface area contributed by atoms with E-state index in [0.29, 0.717) is 36.9 Å². The first kappa shape index (κ1) is 21.1. The highest BCUT2D eigenvalue weighted by Crippen LogP contribution is 2.35. The fourth-order valence-electron chi connectivity index (χ4n) is 3.92. The van der Waals surface area contributed by atoms with E-state index in [1.807, 2.05) is 50.2 Å². The van der Waals surface area contributed by atoms with Crippen molar-refractivity contribution in [1.29, 1.82) is 0 Å². The Morgan fingerprint density at radius 2 is 1.71 bits per heavy atom. The number of carbonyl (C=O) groups excluding carboxylic acids is 2. The number of amides is 2. The molecule has 2 N–H and O–H groups in total. The van der Waals surface area contributed by atoms with Crippen molar-refractivity contribution in [2.24, 2.45) is 0 Å². The van der Waals surface area contributed by atoms with Crippen LogP contribution in [-0.4, -0.2) is 56.4 Å². The van der Waals surface area contributed by atoms with E-state index >= 15 is 0 Å². The fourth-order valence-corrected chi connectivity index (χ4v) is 3.92. The number of aryl methyl sites for hydroxylation is 2. The zero-order valence-electron chi connectivity index (χ0n) is 17.8. The summed E-state index contributed by atoms with van der Waals surface area (Å²) in [6, 6.07) is 11.4. The van der Waals surface area contributed by atoms with Gasteiger partial charge in [-0.05, 0) is 42.7 Å². The molecule has 8 heteroatoms. The monoisotopic (exact) mass is 425 g/mol. The maximum atomic E-state index is 12.6. The van der Waals surface area contributed by atoms with E-state index in [9.17, 15) is 9.59 Å². The highest BCUT2D eigenvalue weighted by Gasteiger charge is 2.26. The van der Waals surface area contributed by atoms with E-state index in [1.54, 1.807) is 0 Å². The minimum absolute atomic E-state index is 0.115. The molecule has 4 rings (SSSR count). The van der Waals surface area contributed by atoms with Gasteiger partial charge in [0.05, 0.1) is 19.3 Å². The average molecular weight is 425 g/mol. The first-order chi connectivity index (χ1) is 15.0. The number of carbonyl (C=O) groups is 2. The number of para-hydroxylation sites is 1. The summed E-state index contributed by atoms with van der Waals surface area (Å²) in [5.41, 5.74) is 3.48. The first-order valence-electron chi connectivity index (χ1n) is 10.4. The quantitative estimate of drug-likeness (QED) is 0.714. The van der Waals surface area contributed by atoms with Gasteiger partial charge in [0.25, 0.3) is 0 Å². The standard InChI is InChI=1S/C23H27N3O5/c1-15-4-3-5-16(2)21(15)25-23(28)22(27)24-13-18(26-8-10-29-11-9-26)17-6-7-19-20(12-17)31-14-30-19/h3-7,12,18H,8-11,13-14H2,1-2H3,(H,24,27)(H,25,28). The molecule has 0 radical (unpaired) electrons. The van der Waals surface area contributed by atoms with Crippen molar-refractivity contribution in [3.8, 4) is 11.5 Å². The molecular weight excluding hydrogens is 398 g/mol. The van der Waals surface area contributed by atoms with E-state index in [-0.39, 0.29) is 12.8 Å². The first-order valence-corrected chi connectivity index (χ1v) is 10.4. The molecule has 2 aliphatic heterocycles. The molecule has 2 amide bonds. The van der Waals surface area contributed by atoms with Gasteiger partial charge in [0.1, 0.15) is 0 Å². The van der Waals surface area contributed by atoms with Crippen molar-refractivity contribution >= 4 is 17.5 Å². The van der Waals surface area contributed by atoms with E-state index in [4.69, 9.17) is 14.2 Å². The van der Waals surface area contributed by atoms with Gasteiger partial charge in [-0.15, -0.1) is 0 Å². The molecule has 0 saturated carbocycles. The SMILES string of the molecule is Cc1cccc(C)c1NC(=O)C(=O)NCC(c1ccc2c(c1)OCO2)N1CCOCC1. The normalized spacial score (nSPS) is 16.6. The van der Waals surface area contributed by atoms with E-state index in [0.717, 1.165) is 29.8 Å². The molecule has 0 bridgehead atoms. The Hall–Kier alpha value is -3.10. The van der Waals surface area contributed by atoms with E-state index in [2.05, 4.69) is 15.5 Å². The number of fused-ring (bicyclic) bond motifs is 1. The smallest absolute Gasteiger partial charge is 0.313 e. The molecule has 8 nitrogen and oxygen atoms in total. The lowest BCUT2D eigenvalue weighted by atomic mass is 10.0. The summed E-state index contributed by atoms with van der Waals surface area (Å²) in [6.07, 6.45) is 0. The maximum Gasteiger partial charge on any atom is 0.313 e. The number of nitrogens with zero attached hydrogens (tertiary/aromatic N) is 1. The lowest BCUT2D eigenvalue weighted by Crippen LogP contribution is -2.45. The molecule has 1 saturated heterocycles. The van der Waals surface area contributed by atoms with Gasteiger partial charge < -0.3 is 24.8 Å². The van der Waals surface area contributed by atoms with Crippen molar-refractivity contribution in [1.82, 2.24) is 10.2 Å². The molecule has 2 aromatic rings. The number of anilines is 1. The molecule has 2 aromatic carbocycles. The number of nitrogens with one attached hydrogen (secondary N) is 2. The Morgan fingerprint density at radius 1 is 1.00 bits per heavy atom. The van der Waals surface area contributed by atoms with Crippen molar-refractivity contribution < 1.29 is 23.8 Å². The minimum atomic E-state index is -0.677. The van der Waals surface area contributed by atoms with Crippen molar-refractivity contribution in [3.63, 3.8) is 0 Å². The van der Waals surface area contributed by atoms with Gasteiger partial charge in [0, 0.05) is 25.3 Å². The predicted octanol–water partition coefficient (Wildman–Crippen LogP) is 2.16.